The molecule has 0 saturated carbocycles. The average molecular weight is 1440 g/mol. The van der Waals surface area contributed by atoms with Crippen molar-refractivity contribution >= 4 is 39.5 Å². The van der Waals surface area contributed by atoms with E-state index in [1.807, 2.05) is 0 Å². The summed E-state index contributed by atoms with van der Waals surface area (Å²) < 4.78 is 68.6. The fourth-order valence-corrected chi connectivity index (χ4v) is 13.8. The molecule has 0 aromatic rings. The van der Waals surface area contributed by atoms with Gasteiger partial charge in [0.25, 0.3) is 0 Å². The molecule has 0 aliphatic carbocycles. The topological polar surface area (TPSA) is 237 Å². The SMILES string of the molecule is CCCCCCCCCCCCCCCC(=O)OC[C@H](COP(=O)(O)OC[C@@H](O)COP(=O)(O)OC[C@@H](COC(=O)CCCCCCCCCCCCC)OC(=O)CCCCCCCCCCCCCCC)OC(=O)CCCCCCCCCCCCCCCCCCCCC(C)C. The Balaban J connectivity index is 5.21. The molecular formula is C79H154O17P2. The first-order chi connectivity index (χ1) is 47.5. The van der Waals surface area contributed by atoms with Crippen LogP contribution in [0.3, 0.4) is 0 Å². The van der Waals surface area contributed by atoms with Gasteiger partial charge in [0, 0.05) is 25.7 Å². The molecule has 0 radical (unpaired) electrons. The number of rotatable bonds is 79. The molecular weight excluding hydrogens is 1280 g/mol. The van der Waals surface area contributed by atoms with Crippen molar-refractivity contribution in [1.82, 2.24) is 0 Å². The van der Waals surface area contributed by atoms with Crippen LogP contribution in [0.2, 0.25) is 0 Å². The smallest absolute Gasteiger partial charge is 0.462 e. The summed E-state index contributed by atoms with van der Waals surface area (Å²) in [4.78, 5) is 72.9. The number of hydrogen-bond acceptors (Lipinski definition) is 15. The molecule has 0 aromatic heterocycles. The number of aliphatic hydroxyl groups is 1. The van der Waals surface area contributed by atoms with Gasteiger partial charge in [-0.2, -0.15) is 0 Å². The van der Waals surface area contributed by atoms with E-state index in [-0.39, 0.29) is 25.7 Å². The molecule has 0 rings (SSSR count). The lowest BCUT2D eigenvalue weighted by Crippen LogP contribution is -2.30. The minimum Gasteiger partial charge on any atom is -0.462 e. The van der Waals surface area contributed by atoms with Crippen LogP contribution in [0, 0.1) is 5.92 Å². The Morgan fingerprint density at radius 2 is 0.469 bits per heavy atom. The predicted molar refractivity (Wildman–Crippen MR) is 400 cm³/mol. The number of phosphoric ester groups is 2. The van der Waals surface area contributed by atoms with Crippen molar-refractivity contribution in [1.29, 1.82) is 0 Å². The Kier molecular flexibility index (Phi) is 70.6. The Hall–Kier alpha value is -1.94. The molecule has 0 bridgehead atoms. The van der Waals surface area contributed by atoms with Crippen LogP contribution in [-0.2, 0) is 65.4 Å². The van der Waals surface area contributed by atoms with E-state index in [9.17, 15) is 43.2 Å². The maximum Gasteiger partial charge on any atom is 0.472 e. The van der Waals surface area contributed by atoms with Crippen LogP contribution in [0.5, 0.6) is 0 Å². The molecule has 0 amide bonds. The van der Waals surface area contributed by atoms with E-state index in [0.29, 0.717) is 25.7 Å². The Labute approximate surface area is 600 Å². The summed E-state index contributed by atoms with van der Waals surface area (Å²) in [5, 5.41) is 10.6. The molecule has 0 aliphatic heterocycles. The lowest BCUT2D eigenvalue weighted by atomic mass is 10.0. The van der Waals surface area contributed by atoms with Gasteiger partial charge in [-0.1, -0.05) is 369 Å². The van der Waals surface area contributed by atoms with E-state index in [1.54, 1.807) is 0 Å². The van der Waals surface area contributed by atoms with E-state index < -0.39 is 97.5 Å². The first kappa shape index (κ1) is 96.1. The van der Waals surface area contributed by atoms with Gasteiger partial charge in [0.1, 0.15) is 19.3 Å². The van der Waals surface area contributed by atoms with Crippen molar-refractivity contribution in [2.24, 2.45) is 5.92 Å². The Bertz CT molecular complexity index is 1870. The van der Waals surface area contributed by atoms with Gasteiger partial charge in [-0.3, -0.25) is 37.3 Å². The van der Waals surface area contributed by atoms with Crippen LogP contribution < -0.4 is 0 Å². The fraction of sp³-hybridized carbons (Fsp3) is 0.949. The zero-order valence-electron chi connectivity index (χ0n) is 63.9. The van der Waals surface area contributed by atoms with Crippen molar-refractivity contribution in [3.05, 3.63) is 0 Å². The Morgan fingerprint density at radius 3 is 0.694 bits per heavy atom. The molecule has 0 spiro atoms. The normalized spacial score (nSPS) is 13.9. The van der Waals surface area contributed by atoms with E-state index in [2.05, 4.69) is 34.6 Å². The molecule has 3 N–H and O–H groups in total. The molecule has 0 aromatic carbocycles. The highest BCUT2D eigenvalue weighted by Crippen LogP contribution is 2.45. The minimum atomic E-state index is -4.96. The maximum atomic E-state index is 13.1. The summed E-state index contributed by atoms with van der Waals surface area (Å²) in [6.45, 7) is 7.35. The van der Waals surface area contributed by atoms with Gasteiger partial charge in [-0.05, 0) is 31.6 Å². The maximum absolute atomic E-state index is 13.1. The number of unbranched alkanes of at least 4 members (excludes halogenated alkanes) is 51. The second-order valence-electron chi connectivity index (χ2n) is 28.9. The van der Waals surface area contributed by atoms with Crippen molar-refractivity contribution < 1.29 is 80.2 Å². The summed E-state index contributed by atoms with van der Waals surface area (Å²) in [6.07, 6.45) is 62.3. The molecule has 0 fully saturated rings. The van der Waals surface area contributed by atoms with Gasteiger partial charge in [0.15, 0.2) is 12.2 Å². The molecule has 98 heavy (non-hydrogen) atoms. The van der Waals surface area contributed by atoms with Gasteiger partial charge in [0.05, 0.1) is 26.4 Å². The number of carbonyl (C=O) groups excluding carboxylic acids is 4. The van der Waals surface area contributed by atoms with Crippen LogP contribution in [0.4, 0.5) is 0 Å². The van der Waals surface area contributed by atoms with Crippen molar-refractivity contribution in [2.75, 3.05) is 39.6 Å². The largest absolute Gasteiger partial charge is 0.472 e. The number of ether oxygens (including phenoxy) is 4. The molecule has 0 aliphatic rings. The lowest BCUT2D eigenvalue weighted by Gasteiger charge is -2.21. The quantitative estimate of drug-likeness (QED) is 0.0222. The third kappa shape index (κ3) is 72.4. The second kappa shape index (κ2) is 72.0. The average Bonchev–Trinajstić information content (AvgIpc) is 1.04. The van der Waals surface area contributed by atoms with Gasteiger partial charge in [0.2, 0.25) is 0 Å². The highest BCUT2D eigenvalue weighted by Gasteiger charge is 2.30. The molecule has 0 heterocycles. The summed E-state index contributed by atoms with van der Waals surface area (Å²) in [6, 6.07) is 0. The fourth-order valence-electron chi connectivity index (χ4n) is 12.2. The number of phosphoric acid groups is 2. The summed E-state index contributed by atoms with van der Waals surface area (Å²) in [5.74, 6) is -1.29. The zero-order valence-corrected chi connectivity index (χ0v) is 65.7. The highest BCUT2D eigenvalue weighted by atomic mass is 31.2. The molecule has 582 valence electrons. The van der Waals surface area contributed by atoms with Crippen molar-refractivity contribution in [3.8, 4) is 0 Å². The first-order valence-corrected chi connectivity index (χ1v) is 44.1. The Morgan fingerprint density at radius 1 is 0.276 bits per heavy atom. The molecule has 17 nitrogen and oxygen atoms in total. The van der Waals surface area contributed by atoms with Crippen molar-refractivity contribution in [2.45, 2.75) is 438 Å². The lowest BCUT2D eigenvalue weighted by molar-refractivity contribution is -0.161. The number of aliphatic hydroxyl groups excluding tert-OH is 1. The third-order valence-electron chi connectivity index (χ3n) is 18.5. The highest BCUT2D eigenvalue weighted by molar-refractivity contribution is 7.47. The van der Waals surface area contributed by atoms with Crippen LogP contribution in [0.1, 0.15) is 420 Å². The van der Waals surface area contributed by atoms with Crippen LogP contribution in [-0.4, -0.2) is 96.7 Å². The predicted octanol–water partition coefficient (Wildman–Crippen LogP) is 23.6. The first-order valence-electron chi connectivity index (χ1n) is 41.1. The molecule has 2 unspecified atom stereocenters. The molecule has 19 heteroatoms. The monoisotopic (exact) mass is 1440 g/mol. The standard InChI is InChI=1S/C79H154O17P2/c1-6-9-12-15-18-21-24-32-38-43-48-53-58-63-77(82)90-69-75(96-79(84)65-60-55-50-45-40-35-31-29-27-26-28-30-34-37-41-46-51-56-61-72(4)5)71-94-98(87,88)92-67-73(80)66-91-97(85,86)93-70-74(68-89-76(81)62-57-52-47-42-36-23-20-17-14-11-8-3)95-78(83)64-59-54-49-44-39-33-25-22-19-16-13-10-7-2/h72-75,80H,6-71H2,1-5H3,(H,85,86)(H,87,88)/t73-,74+,75+/m0/s1. The third-order valence-corrected chi connectivity index (χ3v) is 20.4. The van der Waals surface area contributed by atoms with E-state index in [0.717, 1.165) is 95.8 Å². The van der Waals surface area contributed by atoms with Crippen LogP contribution >= 0.6 is 15.6 Å². The number of carbonyl (C=O) groups is 4. The van der Waals surface area contributed by atoms with Crippen LogP contribution in [0.25, 0.3) is 0 Å². The number of hydrogen-bond donors (Lipinski definition) is 3. The van der Waals surface area contributed by atoms with E-state index in [4.69, 9.17) is 37.0 Å². The summed E-state index contributed by atoms with van der Waals surface area (Å²) >= 11 is 0. The van der Waals surface area contributed by atoms with Gasteiger partial charge >= 0.3 is 39.5 Å². The minimum absolute atomic E-state index is 0.108. The van der Waals surface area contributed by atoms with Gasteiger partial charge < -0.3 is 33.8 Å². The summed E-state index contributed by atoms with van der Waals surface area (Å²) in [5.41, 5.74) is 0. The van der Waals surface area contributed by atoms with Crippen LogP contribution in [0.15, 0.2) is 0 Å². The van der Waals surface area contributed by atoms with Gasteiger partial charge in [-0.15, -0.1) is 0 Å². The molecule has 0 saturated heterocycles. The molecule has 5 atom stereocenters. The second-order valence-corrected chi connectivity index (χ2v) is 31.8. The van der Waals surface area contributed by atoms with Crippen molar-refractivity contribution in [3.63, 3.8) is 0 Å². The summed E-state index contributed by atoms with van der Waals surface area (Å²) in [7, 11) is -9.91. The van der Waals surface area contributed by atoms with Gasteiger partial charge in [-0.25, -0.2) is 9.13 Å². The van der Waals surface area contributed by atoms with E-state index in [1.165, 1.54) is 244 Å². The van der Waals surface area contributed by atoms with E-state index >= 15 is 0 Å². The number of esters is 4. The zero-order chi connectivity index (χ0) is 71.9.